The second kappa shape index (κ2) is 6.25. The van der Waals surface area contributed by atoms with Gasteiger partial charge in [-0.15, -0.1) is 0 Å². The highest BCUT2D eigenvalue weighted by Crippen LogP contribution is 2.23. The molecule has 18 heavy (non-hydrogen) atoms. The first-order valence-corrected chi connectivity index (χ1v) is 6.27. The zero-order valence-electron chi connectivity index (χ0n) is 11.2. The third-order valence-electron chi connectivity index (χ3n) is 3.45. The molecule has 0 aromatic heterocycles. The lowest BCUT2D eigenvalue weighted by molar-refractivity contribution is -0.0464. The Hall–Kier alpha value is -1.00. The van der Waals surface area contributed by atoms with Gasteiger partial charge in [0.1, 0.15) is 11.6 Å². The highest BCUT2D eigenvalue weighted by atomic mass is 19.1. The van der Waals surface area contributed by atoms with Gasteiger partial charge in [0.2, 0.25) is 0 Å². The fourth-order valence-electron chi connectivity index (χ4n) is 1.96. The molecule has 1 aromatic carbocycles. The molecule has 4 heteroatoms. The number of rotatable bonds is 6. The molecular formula is C14H21F2NO. The summed E-state index contributed by atoms with van der Waals surface area (Å²) in [5, 5.41) is 0. The van der Waals surface area contributed by atoms with Crippen LogP contribution in [0.2, 0.25) is 0 Å². The molecule has 0 heterocycles. The average Bonchev–Trinajstić information content (AvgIpc) is 2.34. The van der Waals surface area contributed by atoms with E-state index in [2.05, 4.69) is 0 Å². The second-order valence-electron chi connectivity index (χ2n) is 4.61. The molecule has 1 rings (SSSR count). The second-order valence-corrected chi connectivity index (χ2v) is 4.61. The minimum Gasteiger partial charge on any atom is -0.374 e. The lowest BCUT2D eigenvalue weighted by atomic mass is 9.88. The van der Waals surface area contributed by atoms with Gasteiger partial charge in [-0.2, -0.15) is 0 Å². The fourth-order valence-corrected chi connectivity index (χ4v) is 1.96. The number of hydrogen-bond acceptors (Lipinski definition) is 2. The Labute approximate surface area is 107 Å². The highest BCUT2D eigenvalue weighted by Gasteiger charge is 2.31. The highest BCUT2D eigenvalue weighted by molar-refractivity contribution is 5.21. The lowest BCUT2D eigenvalue weighted by Gasteiger charge is -2.34. The van der Waals surface area contributed by atoms with Gasteiger partial charge in [-0.3, -0.25) is 0 Å². The van der Waals surface area contributed by atoms with E-state index in [1.807, 2.05) is 20.8 Å². The zero-order chi connectivity index (χ0) is 13.8. The largest absolute Gasteiger partial charge is 0.374 e. The zero-order valence-corrected chi connectivity index (χ0v) is 11.2. The van der Waals surface area contributed by atoms with E-state index in [0.717, 1.165) is 0 Å². The molecule has 0 spiro atoms. The Morgan fingerprint density at radius 2 is 1.83 bits per heavy atom. The van der Waals surface area contributed by atoms with E-state index in [1.165, 1.54) is 18.2 Å². The van der Waals surface area contributed by atoms with Gasteiger partial charge in [-0.1, -0.05) is 13.0 Å². The monoisotopic (exact) mass is 257 g/mol. The van der Waals surface area contributed by atoms with Crippen LogP contribution in [-0.2, 0) is 11.2 Å². The van der Waals surface area contributed by atoms with Gasteiger partial charge < -0.3 is 10.5 Å². The predicted octanol–water partition coefficient (Wildman–Crippen LogP) is 3.04. The van der Waals surface area contributed by atoms with Gasteiger partial charge in [-0.05, 0) is 38.8 Å². The molecule has 0 aliphatic carbocycles. The standard InChI is InChI=1S/C14H21F2NO/c1-4-14(3,18-5-2)13(17)9-10-11(15)7-6-8-12(10)16/h6-8,13H,4-5,9,17H2,1-3H3. The molecule has 0 fully saturated rings. The molecule has 2 N–H and O–H groups in total. The summed E-state index contributed by atoms with van der Waals surface area (Å²) < 4.78 is 32.7. The van der Waals surface area contributed by atoms with Crippen molar-refractivity contribution in [3.05, 3.63) is 35.4 Å². The van der Waals surface area contributed by atoms with Gasteiger partial charge in [-0.25, -0.2) is 8.78 Å². The fraction of sp³-hybridized carbons (Fsp3) is 0.571. The maximum atomic E-state index is 13.6. The van der Waals surface area contributed by atoms with Crippen molar-refractivity contribution in [2.75, 3.05) is 6.61 Å². The molecule has 0 aliphatic rings. The van der Waals surface area contributed by atoms with Crippen LogP contribution in [0.15, 0.2) is 18.2 Å². The summed E-state index contributed by atoms with van der Waals surface area (Å²) in [6.45, 7) is 6.23. The van der Waals surface area contributed by atoms with Gasteiger partial charge in [0.25, 0.3) is 0 Å². The number of benzene rings is 1. The molecule has 2 unspecified atom stereocenters. The van der Waals surface area contributed by atoms with E-state index < -0.39 is 23.3 Å². The van der Waals surface area contributed by atoms with Gasteiger partial charge in [0.15, 0.2) is 0 Å². The van der Waals surface area contributed by atoms with Crippen LogP contribution >= 0.6 is 0 Å². The van der Waals surface area contributed by atoms with Crippen molar-refractivity contribution in [2.24, 2.45) is 5.73 Å². The van der Waals surface area contributed by atoms with Crippen LogP contribution in [0.1, 0.15) is 32.8 Å². The van der Waals surface area contributed by atoms with E-state index in [0.29, 0.717) is 13.0 Å². The Morgan fingerprint density at radius 3 is 2.28 bits per heavy atom. The molecule has 1 aromatic rings. The number of hydrogen-bond donors (Lipinski definition) is 1. The van der Waals surface area contributed by atoms with Crippen LogP contribution in [0, 0.1) is 11.6 Å². The van der Waals surface area contributed by atoms with Crippen molar-refractivity contribution >= 4 is 0 Å². The Kier molecular flexibility index (Phi) is 5.23. The first-order chi connectivity index (χ1) is 8.44. The molecule has 0 saturated heterocycles. The molecule has 102 valence electrons. The van der Waals surface area contributed by atoms with Crippen LogP contribution in [0.25, 0.3) is 0 Å². The van der Waals surface area contributed by atoms with Crippen molar-refractivity contribution in [1.82, 2.24) is 0 Å². The van der Waals surface area contributed by atoms with Crippen LogP contribution in [0.4, 0.5) is 8.78 Å². The summed E-state index contributed by atoms with van der Waals surface area (Å²) in [6.07, 6.45) is 0.820. The first kappa shape index (κ1) is 15.1. The van der Waals surface area contributed by atoms with E-state index in [-0.39, 0.29) is 12.0 Å². The summed E-state index contributed by atoms with van der Waals surface area (Å²) in [5.74, 6) is -1.11. The van der Waals surface area contributed by atoms with Gasteiger partial charge >= 0.3 is 0 Å². The SMILES string of the molecule is CCOC(C)(CC)C(N)Cc1c(F)cccc1F. The molecule has 0 radical (unpaired) electrons. The van der Waals surface area contributed by atoms with Crippen LogP contribution in [0.3, 0.4) is 0 Å². The van der Waals surface area contributed by atoms with E-state index in [1.54, 1.807) is 0 Å². The third-order valence-corrected chi connectivity index (χ3v) is 3.45. The summed E-state index contributed by atoms with van der Waals surface area (Å²) in [4.78, 5) is 0. The predicted molar refractivity (Wildman–Crippen MR) is 68.4 cm³/mol. The van der Waals surface area contributed by atoms with Crippen molar-refractivity contribution in [3.8, 4) is 0 Å². The molecule has 0 aliphatic heterocycles. The molecular weight excluding hydrogens is 236 g/mol. The number of ether oxygens (including phenoxy) is 1. The minimum absolute atomic E-state index is 0.0318. The summed E-state index contributed by atoms with van der Waals surface area (Å²) in [6, 6.07) is 3.39. The van der Waals surface area contributed by atoms with Crippen LogP contribution in [0.5, 0.6) is 0 Å². The first-order valence-electron chi connectivity index (χ1n) is 6.27. The quantitative estimate of drug-likeness (QED) is 0.850. The topological polar surface area (TPSA) is 35.2 Å². The van der Waals surface area contributed by atoms with Crippen LogP contribution in [-0.4, -0.2) is 18.2 Å². The van der Waals surface area contributed by atoms with Crippen molar-refractivity contribution in [1.29, 1.82) is 0 Å². The third kappa shape index (κ3) is 3.27. The van der Waals surface area contributed by atoms with Crippen molar-refractivity contribution in [3.63, 3.8) is 0 Å². The van der Waals surface area contributed by atoms with Crippen molar-refractivity contribution < 1.29 is 13.5 Å². The van der Waals surface area contributed by atoms with Crippen LogP contribution < -0.4 is 5.73 Å². The van der Waals surface area contributed by atoms with E-state index in [4.69, 9.17) is 10.5 Å². The molecule has 0 amide bonds. The lowest BCUT2D eigenvalue weighted by Crippen LogP contribution is -2.49. The number of nitrogens with two attached hydrogens (primary N) is 1. The maximum absolute atomic E-state index is 13.6. The van der Waals surface area contributed by atoms with E-state index in [9.17, 15) is 8.78 Å². The van der Waals surface area contributed by atoms with Gasteiger partial charge in [0, 0.05) is 18.2 Å². The van der Waals surface area contributed by atoms with Crippen molar-refractivity contribution in [2.45, 2.75) is 45.3 Å². The molecule has 2 atom stereocenters. The molecule has 0 saturated carbocycles. The smallest absolute Gasteiger partial charge is 0.129 e. The summed E-state index contributed by atoms with van der Waals surface area (Å²) >= 11 is 0. The normalized spacial score (nSPS) is 16.3. The summed E-state index contributed by atoms with van der Waals surface area (Å²) in [7, 11) is 0. The Balaban J connectivity index is 2.89. The average molecular weight is 257 g/mol. The maximum Gasteiger partial charge on any atom is 0.129 e. The number of halogens is 2. The Bertz CT molecular complexity index is 377. The molecule has 0 bridgehead atoms. The minimum atomic E-state index is -0.566. The van der Waals surface area contributed by atoms with Gasteiger partial charge in [0.05, 0.1) is 5.60 Å². The summed E-state index contributed by atoms with van der Waals surface area (Å²) in [5.41, 5.74) is 5.53. The Morgan fingerprint density at radius 1 is 1.28 bits per heavy atom. The van der Waals surface area contributed by atoms with E-state index >= 15 is 0 Å². The molecule has 2 nitrogen and oxygen atoms in total.